The molecule has 0 saturated heterocycles. The van der Waals surface area contributed by atoms with Crippen molar-refractivity contribution < 1.29 is 9.90 Å². The van der Waals surface area contributed by atoms with Crippen molar-refractivity contribution >= 4 is 51.9 Å². The number of hydrogen-bond donors (Lipinski definition) is 2. The van der Waals surface area contributed by atoms with Crippen LogP contribution in [-0.2, 0) is 0 Å². The van der Waals surface area contributed by atoms with Crippen molar-refractivity contribution in [3.05, 3.63) is 20.9 Å². The number of rotatable bonds is 1. The van der Waals surface area contributed by atoms with E-state index in [0.717, 1.165) is 3.70 Å². The monoisotopic (exact) mass is 338 g/mol. The lowest BCUT2D eigenvalue weighted by atomic mass is 10.5. The Bertz CT molecular complexity index is 541. The first kappa shape index (κ1) is 10.4. The van der Waals surface area contributed by atoms with Gasteiger partial charge in [0.25, 0.3) is 5.95 Å². The summed E-state index contributed by atoms with van der Waals surface area (Å²) < 4.78 is 2.25. The van der Waals surface area contributed by atoms with Crippen molar-refractivity contribution in [2.75, 3.05) is 5.32 Å². The summed E-state index contributed by atoms with van der Waals surface area (Å²) in [6.07, 6.45) is -1.20. The van der Waals surface area contributed by atoms with E-state index in [2.05, 4.69) is 15.4 Å². The van der Waals surface area contributed by atoms with Crippen LogP contribution < -0.4 is 5.32 Å². The second kappa shape index (κ2) is 3.81. The van der Waals surface area contributed by atoms with Crippen LogP contribution in [0.15, 0.2) is 12.1 Å². The van der Waals surface area contributed by atoms with Gasteiger partial charge in [-0.25, -0.2) is 9.31 Å². The molecule has 2 N–H and O–H groups in total. The molecule has 0 saturated carbocycles. The number of pyridine rings is 1. The fraction of sp³-hybridized carbons (Fsp3) is 0. The van der Waals surface area contributed by atoms with E-state index in [9.17, 15) is 4.79 Å². The summed E-state index contributed by atoms with van der Waals surface area (Å²) >= 11 is 7.85. The Morgan fingerprint density at radius 2 is 2.33 bits per heavy atom. The van der Waals surface area contributed by atoms with Crippen molar-refractivity contribution in [2.24, 2.45) is 0 Å². The van der Waals surface area contributed by atoms with Crippen molar-refractivity contribution in [1.29, 1.82) is 0 Å². The van der Waals surface area contributed by atoms with Gasteiger partial charge in [0.1, 0.15) is 3.70 Å². The average molecular weight is 338 g/mol. The van der Waals surface area contributed by atoms with Crippen LogP contribution in [0.2, 0.25) is 5.02 Å². The maximum absolute atomic E-state index is 10.4. The first-order chi connectivity index (χ1) is 7.06. The highest BCUT2D eigenvalue weighted by molar-refractivity contribution is 14.1. The van der Waals surface area contributed by atoms with E-state index in [4.69, 9.17) is 16.7 Å². The van der Waals surface area contributed by atoms with Crippen LogP contribution >= 0.6 is 34.2 Å². The molecule has 1 amide bonds. The standard InChI is InChI=1S/C7H4ClIN4O2/c8-3-1-4(9)13-5(2-3)10-6(12-13)11-7(14)15/h1-2H,(H,11,12)(H,14,15). The second-order valence-electron chi connectivity index (χ2n) is 2.63. The molecule has 78 valence electrons. The van der Waals surface area contributed by atoms with E-state index in [1.165, 1.54) is 4.52 Å². The fourth-order valence-corrected chi connectivity index (χ4v) is 2.14. The molecule has 0 aliphatic carbocycles. The van der Waals surface area contributed by atoms with Gasteiger partial charge in [-0.05, 0) is 28.7 Å². The molecule has 2 heterocycles. The predicted molar refractivity (Wildman–Crippen MR) is 62.4 cm³/mol. The third-order valence-corrected chi connectivity index (χ3v) is 2.56. The number of nitrogens with one attached hydrogen (secondary N) is 1. The number of carboxylic acid groups (broad SMARTS) is 1. The maximum Gasteiger partial charge on any atom is 0.411 e. The van der Waals surface area contributed by atoms with Crippen LogP contribution in [0, 0.1) is 3.70 Å². The van der Waals surface area contributed by atoms with E-state index in [1.54, 1.807) is 12.1 Å². The van der Waals surface area contributed by atoms with Crippen LogP contribution in [0.3, 0.4) is 0 Å². The van der Waals surface area contributed by atoms with E-state index in [1.807, 2.05) is 22.6 Å². The Kier molecular flexibility index (Phi) is 2.65. The SMILES string of the molecule is O=C(O)Nc1nc2cc(Cl)cc(I)n2n1. The van der Waals surface area contributed by atoms with Gasteiger partial charge in [0, 0.05) is 11.1 Å². The van der Waals surface area contributed by atoms with Crippen molar-refractivity contribution in [2.45, 2.75) is 0 Å². The van der Waals surface area contributed by atoms with Gasteiger partial charge in [0.15, 0.2) is 5.65 Å². The number of nitrogens with zero attached hydrogens (tertiary/aromatic N) is 3. The first-order valence-corrected chi connectivity index (χ1v) is 5.24. The van der Waals surface area contributed by atoms with Gasteiger partial charge < -0.3 is 5.11 Å². The Balaban J connectivity index is 2.55. The number of amides is 1. The third kappa shape index (κ3) is 2.12. The predicted octanol–water partition coefficient (Wildman–Crippen LogP) is 2.08. The third-order valence-electron chi connectivity index (χ3n) is 1.58. The Labute approximate surface area is 102 Å². The molecule has 8 heteroatoms. The van der Waals surface area contributed by atoms with Crippen LogP contribution in [0.25, 0.3) is 5.65 Å². The highest BCUT2D eigenvalue weighted by Gasteiger charge is 2.08. The minimum atomic E-state index is -1.20. The molecule has 0 spiro atoms. The molecule has 0 unspecified atom stereocenters. The van der Waals surface area contributed by atoms with Crippen molar-refractivity contribution in [3.8, 4) is 0 Å². The molecule has 0 aliphatic rings. The number of carbonyl (C=O) groups is 1. The van der Waals surface area contributed by atoms with Crippen LogP contribution in [-0.4, -0.2) is 25.8 Å². The lowest BCUT2D eigenvalue weighted by Crippen LogP contribution is -2.08. The summed E-state index contributed by atoms with van der Waals surface area (Å²) in [5.74, 6) is 0.0303. The van der Waals surface area contributed by atoms with Gasteiger partial charge in [-0.1, -0.05) is 11.6 Å². The van der Waals surface area contributed by atoms with E-state index in [0.29, 0.717) is 10.7 Å². The first-order valence-electron chi connectivity index (χ1n) is 3.78. The molecule has 6 nitrogen and oxygen atoms in total. The minimum Gasteiger partial charge on any atom is -0.465 e. The number of fused-ring (bicyclic) bond motifs is 1. The molecule has 2 aromatic rings. The van der Waals surface area contributed by atoms with Gasteiger partial charge in [-0.2, -0.15) is 4.98 Å². The average Bonchev–Trinajstić information content (AvgIpc) is 2.45. The molecule has 0 fully saturated rings. The van der Waals surface area contributed by atoms with E-state index in [-0.39, 0.29) is 5.95 Å². The molecule has 2 aromatic heterocycles. The second-order valence-corrected chi connectivity index (χ2v) is 4.17. The molecule has 0 aromatic carbocycles. The zero-order valence-electron chi connectivity index (χ0n) is 7.11. The summed E-state index contributed by atoms with van der Waals surface area (Å²) in [6.45, 7) is 0. The summed E-state index contributed by atoms with van der Waals surface area (Å²) in [6, 6.07) is 3.30. The van der Waals surface area contributed by atoms with Crippen LogP contribution in [0.4, 0.5) is 10.7 Å². The molecule has 2 rings (SSSR count). The van der Waals surface area contributed by atoms with Crippen LogP contribution in [0.1, 0.15) is 0 Å². The van der Waals surface area contributed by atoms with Crippen LogP contribution in [0.5, 0.6) is 0 Å². The summed E-state index contributed by atoms with van der Waals surface area (Å²) in [4.78, 5) is 14.3. The normalized spacial score (nSPS) is 10.5. The van der Waals surface area contributed by atoms with Gasteiger partial charge in [0.05, 0.1) is 0 Å². The number of aromatic nitrogens is 3. The number of hydrogen-bond acceptors (Lipinski definition) is 3. The highest BCUT2D eigenvalue weighted by atomic mass is 127. The van der Waals surface area contributed by atoms with Crippen molar-refractivity contribution in [1.82, 2.24) is 14.6 Å². The summed E-state index contributed by atoms with van der Waals surface area (Å²) in [5.41, 5.74) is 0.496. The molecular weight excluding hydrogens is 334 g/mol. The number of anilines is 1. The molecular formula is C7H4ClIN4O2. The molecule has 0 radical (unpaired) electrons. The summed E-state index contributed by atoms with van der Waals surface area (Å²) in [5, 5.41) is 15.0. The zero-order chi connectivity index (χ0) is 11.0. The van der Waals surface area contributed by atoms with E-state index >= 15 is 0 Å². The topological polar surface area (TPSA) is 79.5 Å². The molecule has 0 atom stereocenters. The largest absolute Gasteiger partial charge is 0.465 e. The Hall–Kier alpha value is -1.09. The zero-order valence-corrected chi connectivity index (χ0v) is 10.0. The lowest BCUT2D eigenvalue weighted by molar-refractivity contribution is 0.209. The lowest BCUT2D eigenvalue weighted by Gasteiger charge is -1.95. The number of halogens is 2. The molecule has 15 heavy (non-hydrogen) atoms. The highest BCUT2D eigenvalue weighted by Crippen LogP contribution is 2.17. The minimum absolute atomic E-state index is 0.0303. The fourth-order valence-electron chi connectivity index (χ4n) is 1.06. The van der Waals surface area contributed by atoms with E-state index < -0.39 is 6.09 Å². The van der Waals surface area contributed by atoms with Crippen molar-refractivity contribution in [3.63, 3.8) is 0 Å². The Morgan fingerprint density at radius 3 is 3.00 bits per heavy atom. The quantitative estimate of drug-likeness (QED) is 0.616. The smallest absolute Gasteiger partial charge is 0.411 e. The van der Waals surface area contributed by atoms with Gasteiger partial charge in [0.2, 0.25) is 0 Å². The summed E-state index contributed by atoms with van der Waals surface area (Å²) in [7, 11) is 0. The maximum atomic E-state index is 10.4. The van der Waals surface area contributed by atoms with Gasteiger partial charge in [-0.3, -0.25) is 5.32 Å². The molecule has 0 aliphatic heterocycles. The molecule has 0 bridgehead atoms. The van der Waals surface area contributed by atoms with Gasteiger partial charge >= 0.3 is 6.09 Å². The van der Waals surface area contributed by atoms with Gasteiger partial charge in [-0.15, -0.1) is 5.10 Å². The Morgan fingerprint density at radius 1 is 1.60 bits per heavy atom.